The fourth-order valence-electron chi connectivity index (χ4n) is 2.43. The van der Waals surface area contributed by atoms with Crippen LogP contribution in [0, 0.1) is 0 Å². The average molecular weight is 326 g/mol. The second-order valence-corrected chi connectivity index (χ2v) is 7.89. The fourth-order valence-corrected chi connectivity index (χ4v) is 3.50. The summed E-state index contributed by atoms with van der Waals surface area (Å²) in [5.41, 5.74) is 2.10. The van der Waals surface area contributed by atoms with E-state index < -0.39 is 10.0 Å². The molecule has 6 nitrogen and oxygen atoms in total. The summed E-state index contributed by atoms with van der Waals surface area (Å²) in [6, 6.07) is 2.15. The number of nitrogens with one attached hydrogen (secondary N) is 1. The van der Waals surface area contributed by atoms with Crippen LogP contribution in [0.1, 0.15) is 17.1 Å². The second kappa shape index (κ2) is 5.88. The lowest BCUT2D eigenvalue weighted by Gasteiger charge is -2.27. The molecule has 21 heavy (non-hydrogen) atoms. The van der Waals surface area contributed by atoms with Gasteiger partial charge in [-0.1, -0.05) is 0 Å². The molecule has 2 aromatic rings. The highest BCUT2D eigenvalue weighted by Gasteiger charge is 2.19. The predicted octanol–water partition coefficient (Wildman–Crippen LogP) is 1.01. The van der Waals surface area contributed by atoms with Gasteiger partial charge in [0.2, 0.25) is 10.0 Å². The first kappa shape index (κ1) is 14.7. The first-order chi connectivity index (χ1) is 9.99. The normalized spacial score (nSPS) is 16.0. The van der Waals surface area contributed by atoms with Crippen LogP contribution in [-0.2, 0) is 36.2 Å². The zero-order chi connectivity index (χ0) is 14.9. The minimum absolute atomic E-state index is 0.253. The first-order valence-corrected chi connectivity index (χ1v) is 9.56. The molecule has 0 radical (unpaired) electrons. The summed E-state index contributed by atoms with van der Waals surface area (Å²) in [7, 11) is -3.18. The molecule has 8 heteroatoms. The lowest BCUT2D eigenvalue weighted by Crippen LogP contribution is -2.33. The molecule has 0 saturated heterocycles. The van der Waals surface area contributed by atoms with Crippen LogP contribution < -0.4 is 4.72 Å². The number of imidazole rings is 1. The van der Waals surface area contributed by atoms with Crippen LogP contribution in [0.15, 0.2) is 23.0 Å². The molecule has 0 unspecified atom stereocenters. The fraction of sp³-hybridized carbons (Fsp3) is 0.462. The van der Waals surface area contributed by atoms with Gasteiger partial charge in [0.25, 0.3) is 0 Å². The smallest absolute Gasteiger partial charge is 0.209 e. The van der Waals surface area contributed by atoms with E-state index in [2.05, 4.69) is 36.0 Å². The van der Waals surface area contributed by atoms with E-state index in [1.165, 1.54) is 5.56 Å². The van der Waals surface area contributed by atoms with Crippen LogP contribution >= 0.6 is 11.3 Å². The van der Waals surface area contributed by atoms with Gasteiger partial charge < -0.3 is 4.57 Å². The monoisotopic (exact) mass is 326 g/mol. The van der Waals surface area contributed by atoms with E-state index in [-0.39, 0.29) is 6.54 Å². The van der Waals surface area contributed by atoms with Crippen molar-refractivity contribution in [3.63, 3.8) is 0 Å². The Morgan fingerprint density at radius 2 is 2.29 bits per heavy atom. The van der Waals surface area contributed by atoms with E-state index >= 15 is 0 Å². The van der Waals surface area contributed by atoms with Gasteiger partial charge >= 0.3 is 0 Å². The van der Waals surface area contributed by atoms with E-state index in [1.54, 1.807) is 11.3 Å². The molecule has 2 aromatic heterocycles. The van der Waals surface area contributed by atoms with E-state index in [4.69, 9.17) is 0 Å². The summed E-state index contributed by atoms with van der Waals surface area (Å²) in [6.07, 6.45) is 3.10. The number of fused-ring (bicyclic) bond motifs is 1. The topological polar surface area (TPSA) is 67.2 Å². The third-order valence-corrected chi connectivity index (χ3v) is 4.83. The van der Waals surface area contributed by atoms with Crippen molar-refractivity contribution in [1.29, 1.82) is 0 Å². The Morgan fingerprint density at radius 3 is 3.00 bits per heavy atom. The summed E-state index contributed by atoms with van der Waals surface area (Å²) in [4.78, 5) is 6.89. The van der Waals surface area contributed by atoms with E-state index in [1.807, 2.05) is 6.20 Å². The minimum atomic E-state index is -3.18. The van der Waals surface area contributed by atoms with Crippen molar-refractivity contribution in [1.82, 2.24) is 19.2 Å². The Labute approximate surface area is 128 Å². The number of rotatable bonds is 5. The SMILES string of the molecule is CS(=O)(=O)NCc1cn2c(n1)CN(Cc1ccsc1)CC2. The molecular formula is C13H18N4O2S2. The van der Waals surface area contributed by atoms with Gasteiger partial charge in [0, 0.05) is 25.8 Å². The van der Waals surface area contributed by atoms with Gasteiger partial charge in [-0.15, -0.1) is 0 Å². The molecule has 0 spiro atoms. The van der Waals surface area contributed by atoms with Gasteiger partial charge in [-0.2, -0.15) is 11.3 Å². The molecule has 0 amide bonds. The average Bonchev–Trinajstić information content (AvgIpc) is 3.04. The summed E-state index contributed by atoms with van der Waals surface area (Å²) in [5, 5.41) is 4.26. The van der Waals surface area contributed by atoms with Crippen molar-refractivity contribution in [3.8, 4) is 0 Å². The highest BCUT2D eigenvalue weighted by Crippen LogP contribution is 2.17. The number of thiophene rings is 1. The molecule has 3 heterocycles. The second-order valence-electron chi connectivity index (χ2n) is 5.28. The maximum atomic E-state index is 11.1. The largest absolute Gasteiger partial charge is 0.332 e. The number of aromatic nitrogens is 2. The highest BCUT2D eigenvalue weighted by atomic mass is 32.2. The summed E-state index contributed by atoms with van der Waals surface area (Å²) in [6.45, 7) is 3.87. The minimum Gasteiger partial charge on any atom is -0.332 e. The van der Waals surface area contributed by atoms with Crippen LogP contribution in [0.5, 0.6) is 0 Å². The maximum absolute atomic E-state index is 11.1. The number of nitrogens with zero attached hydrogens (tertiary/aromatic N) is 3. The molecule has 0 saturated carbocycles. The van der Waals surface area contributed by atoms with Crippen molar-refractivity contribution in [2.75, 3.05) is 12.8 Å². The summed E-state index contributed by atoms with van der Waals surface area (Å²) < 4.78 is 26.8. The van der Waals surface area contributed by atoms with E-state index in [9.17, 15) is 8.42 Å². The molecule has 1 aliphatic rings. The van der Waals surface area contributed by atoms with Crippen LogP contribution in [0.2, 0.25) is 0 Å². The Hall–Kier alpha value is -1.22. The van der Waals surface area contributed by atoms with Crippen LogP contribution in [0.3, 0.4) is 0 Å². The lowest BCUT2D eigenvalue weighted by molar-refractivity contribution is 0.209. The summed E-state index contributed by atoms with van der Waals surface area (Å²) in [5.74, 6) is 1.00. The Bertz CT molecular complexity index is 707. The molecule has 1 N–H and O–H groups in total. The van der Waals surface area contributed by atoms with Gasteiger partial charge in [-0.25, -0.2) is 18.1 Å². The van der Waals surface area contributed by atoms with Crippen molar-refractivity contribution in [2.24, 2.45) is 0 Å². The molecule has 3 rings (SSSR count). The quantitative estimate of drug-likeness (QED) is 0.890. The molecule has 0 aromatic carbocycles. The van der Waals surface area contributed by atoms with Gasteiger partial charge in [0.15, 0.2) is 0 Å². The third-order valence-electron chi connectivity index (χ3n) is 3.43. The van der Waals surface area contributed by atoms with Gasteiger partial charge in [-0.05, 0) is 22.4 Å². The molecule has 114 valence electrons. The van der Waals surface area contributed by atoms with E-state index in [0.717, 1.165) is 44.0 Å². The van der Waals surface area contributed by atoms with Crippen molar-refractivity contribution < 1.29 is 8.42 Å². The zero-order valence-corrected chi connectivity index (χ0v) is 13.5. The highest BCUT2D eigenvalue weighted by molar-refractivity contribution is 7.88. The predicted molar refractivity (Wildman–Crippen MR) is 82.3 cm³/mol. The Kier molecular flexibility index (Phi) is 4.12. The third kappa shape index (κ3) is 3.91. The van der Waals surface area contributed by atoms with Crippen molar-refractivity contribution in [2.45, 2.75) is 26.2 Å². The van der Waals surface area contributed by atoms with Crippen LogP contribution in [0.25, 0.3) is 0 Å². The molecule has 0 aliphatic carbocycles. The van der Waals surface area contributed by atoms with Crippen molar-refractivity contribution in [3.05, 3.63) is 40.1 Å². The molecule has 0 atom stereocenters. The van der Waals surface area contributed by atoms with Gasteiger partial charge in [0.1, 0.15) is 5.82 Å². The zero-order valence-electron chi connectivity index (χ0n) is 11.8. The molecule has 0 fully saturated rings. The Balaban J connectivity index is 1.64. The summed E-state index contributed by atoms with van der Waals surface area (Å²) >= 11 is 1.71. The Morgan fingerprint density at radius 1 is 1.43 bits per heavy atom. The lowest BCUT2D eigenvalue weighted by atomic mass is 10.3. The molecule has 0 bridgehead atoms. The number of hydrogen-bond donors (Lipinski definition) is 1. The van der Waals surface area contributed by atoms with Crippen LogP contribution in [-0.4, -0.2) is 35.7 Å². The number of sulfonamides is 1. The van der Waals surface area contributed by atoms with E-state index in [0.29, 0.717) is 0 Å². The maximum Gasteiger partial charge on any atom is 0.209 e. The van der Waals surface area contributed by atoms with Gasteiger partial charge in [-0.3, -0.25) is 4.90 Å². The standard InChI is InChI=1S/C13H18N4O2S2/c1-21(18,19)14-6-12-8-17-4-3-16(9-13(17)15-12)7-11-2-5-20-10-11/h2,5,8,10,14H,3-4,6-7,9H2,1H3. The molecule has 1 aliphatic heterocycles. The first-order valence-electron chi connectivity index (χ1n) is 6.72. The van der Waals surface area contributed by atoms with Gasteiger partial charge in [0.05, 0.1) is 25.0 Å². The number of hydrogen-bond acceptors (Lipinski definition) is 5. The van der Waals surface area contributed by atoms with Crippen molar-refractivity contribution >= 4 is 21.4 Å². The molecular weight excluding hydrogens is 308 g/mol. The van der Waals surface area contributed by atoms with Crippen LogP contribution in [0.4, 0.5) is 0 Å².